The van der Waals surface area contributed by atoms with Gasteiger partial charge in [-0.1, -0.05) is 26.8 Å². The van der Waals surface area contributed by atoms with Gasteiger partial charge in [-0.2, -0.15) is 5.10 Å². The highest BCUT2D eigenvalue weighted by Crippen LogP contribution is 2.23. The number of aromatic nitrogens is 3. The van der Waals surface area contributed by atoms with Crippen molar-refractivity contribution >= 4 is 0 Å². The number of hydrogen-bond acceptors (Lipinski definition) is 2. The fourth-order valence-corrected chi connectivity index (χ4v) is 1.71. The van der Waals surface area contributed by atoms with Crippen molar-refractivity contribution < 1.29 is 0 Å². The van der Waals surface area contributed by atoms with Crippen LogP contribution in [0.2, 0.25) is 0 Å². The van der Waals surface area contributed by atoms with Crippen LogP contribution in [-0.2, 0) is 5.41 Å². The fraction of sp³-hybridized carbons (Fsp3) is 0.429. The van der Waals surface area contributed by atoms with Crippen LogP contribution in [0.15, 0.2) is 36.9 Å². The molecular weight excluding hydrogens is 210 g/mol. The molecule has 2 heterocycles. The summed E-state index contributed by atoms with van der Waals surface area (Å²) < 4.78 is 2.00. The SMILES string of the molecule is CC(c1cccnc1)n1cc(C(C)(C)C)cn1. The van der Waals surface area contributed by atoms with Gasteiger partial charge in [0.25, 0.3) is 0 Å². The predicted octanol–water partition coefficient (Wildman–Crippen LogP) is 3.18. The summed E-state index contributed by atoms with van der Waals surface area (Å²) in [4.78, 5) is 4.15. The van der Waals surface area contributed by atoms with Gasteiger partial charge in [-0.3, -0.25) is 9.67 Å². The lowest BCUT2D eigenvalue weighted by atomic mass is 9.90. The molecule has 0 amide bonds. The van der Waals surface area contributed by atoms with E-state index in [0.29, 0.717) is 0 Å². The minimum Gasteiger partial charge on any atom is -0.265 e. The Morgan fingerprint density at radius 2 is 2.00 bits per heavy atom. The monoisotopic (exact) mass is 229 g/mol. The van der Waals surface area contributed by atoms with Crippen LogP contribution in [0.1, 0.15) is 44.9 Å². The van der Waals surface area contributed by atoms with Gasteiger partial charge in [0.05, 0.1) is 12.2 Å². The zero-order valence-electron chi connectivity index (χ0n) is 10.9. The Balaban J connectivity index is 2.27. The summed E-state index contributed by atoms with van der Waals surface area (Å²) >= 11 is 0. The first-order chi connectivity index (χ1) is 7.98. The second-order valence-corrected chi connectivity index (χ2v) is 5.42. The van der Waals surface area contributed by atoms with E-state index in [1.807, 2.05) is 23.1 Å². The molecule has 0 fully saturated rings. The summed E-state index contributed by atoms with van der Waals surface area (Å²) in [6.07, 6.45) is 7.76. The average molecular weight is 229 g/mol. The normalized spacial score (nSPS) is 13.6. The molecule has 1 unspecified atom stereocenters. The van der Waals surface area contributed by atoms with Crippen molar-refractivity contribution in [1.29, 1.82) is 0 Å². The van der Waals surface area contributed by atoms with Crippen LogP contribution in [0.25, 0.3) is 0 Å². The van der Waals surface area contributed by atoms with E-state index in [9.17, 15) is 0 Å². The molecule has 3 nitrogen and oxygen atoms in total. The van der Waals surface area contributed by atoms with Gasteiger partial charge in [0.15, 0.2) is 0 Å². The molecule has 0 N–H and O–H groups in total. The molecule has 17 heavy (non-hydrogen) atoms. The van der Waals surface area contributed by atoms with E-state index >= 15 is 0 Å². The Labute approximate surface area is 103 Å². The topological polar surface area (TPSA) is 30.7 Å². The summed E-state index contributed by atoms with van der Waals surface area (Å²) in [5.74, 6) is 0. The summed E-state index contributed by atoms with van der Waals surface area (Å²) in [5.41, 5.74) is 2.58. The first-order valence-electron chi connectivity index (χ1n) is 5.93. The van der Waals surface area contributed by atoms with Gasteiger partial charge >= 0.3 is 0 Å². The van der Waals surface area contributed by atoms with Crippen molar-refractivity contribution in [3.8, 4) is 0 Å². The van der Waals surface area contributed by atoms with E-state index in [-0.39, 0.29) is 11.5 Å². The van der Waals surface area contributed by atoms with Crippen LogP contribution in [0.3, 0.4) is 0 Å². The molecule has 2 aromatic rings. The Morgan fingerprint density at radius 3 is 2.53 bits per heavy atom. The largest absolute Gasteiger partial charge is 0.265 e. The first kappa shape index (κ1) is 11.8. The number of pyridine rings is 1. The molecule has 0 bridgehead atoms. The minimum atomic E-state index is 0.146. The predicted molar refractivity (Wildman–Crippen MR) is 69.0 cm³/mol. The van der Waals surface area contributed by atoms with Crippen LogP contribution < -0.4 is 0 Å². The van der Waals surface area contributed by atoms with Crippen molar-refractivity contribution in [3.63, 3.8) is 0 Å². The molecule has 0 radical (unpaired) electrons. The molecule has 0 aromatic carbocycles. The molecule has 0 aliphatic carbocycles. The fourth-order valence-electron chi connectivity index (χ4n) is 1.71. The molecule has 1 atom stereocenters. The van der Waals surface area contributed by atoms with E-state index in [4.69, 9.17) is 0 Å². The summed E-state index contributed by atoms with van der Waals surface area (Å²) in [6.45, 7) is 8.73. The maximum absolute atomic E-state index is 4.45. The van der Waals surface area contributed by atoms with Gasteiger partial charge in [0.2, 0.25) is 0 Å². The second-order valence-electron chi connectivity index (χ2n) is 5.42. The second kappa shape index (κ2) is 4.32. The average Bonchev–Trinajstić information content (AvgIpc) is 2.78. The van der Waals surface area contributed by atoms with Crippen molar-refractivity contribution in [2.45, 2.75) is 39.2 Å². The van der Waals surface area contributed by atoms with Crippen molar-refractivity contribution in [2.75, 3.05) is 0 Å². The van der Waals surface area contributed by atoms with Gasteiger partial charge < -0.3 is 0 Å². The lowest BCUT2D eigenvalue weighted by Crippen LogP contribution is -2.11. The zero-order valence-corrected chi connectivity index (χ0v) is 10.9. The van der Waals surface area contributed by atoms with Crippen molar-refractivity contribution in [3.05, 3.63) is 48.0 Å². The lowest BCUT2D eigenvalue weighted by molar-refractivity contribution is 0.554. The van der Waals surface area contributed by atoms with Crippen LogP contribution in [0.5, 0.6) is 0 Å². The van der Waals surface area contributed by atoms with Crippen molar-refractivity contribution in [2.24, 2.45) is 0 Å². The number of rotatable bonds is 2. The molecule has 2 aromatic heterocycles. The Hall–Kier alpha value is -1.64. The third-order valence-electron chi connectivity index (χ3n) is 3.03. The molecule has 90 valence electrons. The number of nitrogens with zero attached hydrogens (tertiary/aromatic N) is 3. The highest BCUT2D eigenvalue weighted by Gasteiger charge is 2.17. The molecule has 0 aliphatic rings. The Morgan fingerprint density at radius 1 is 1.24 bits per heavy atom. The molecule has 3 heteroatoms. The molecular formula is C14H19N3. The maximum Gasteiger partial charge on any atom is 0.0755 e. The van der Waals surface area contributed by atoms with Crippen LogP contribution in [-0.4, -0.2) is 14.8 Å². The number of hydrogen-bond donors (Lipinski definition) is 0. The highest BCUT2D eigenvalue weighted by molar-refractivity contribution is 5.19. The van der Waals surface area contributed by atoms with E-state index in [0.717, 1.165) is 0 Å². The highest BCUT2D eigenvalue weighted by atomic mass is 15.3. The maximum atomic E-state index is 4.45. The standard InChI is InChI=1S/C14H19N3/c1-11(12-6-5-7-15-8-12)17-10-13(9-16-17)14(2,3)4/h5-11H,1-4H3. The van der Waals surface area contributed by atoms with Crippen LogP contribution in [0, 0.1) is 0 Å². The third-order valence-corrected chi connectivity index (χ3v) is 3.03. The van der Waals surface area contributed by atoms with Gasteiger partial charge in [0.1, 0.15) is 0 Å². The van der Waals surface area contributed by atoms with E-state index in [1.54, 1.807) is 6.20 Å². The summed E-state index contributed by atoms with van der Waals surface area (Å²) in [7, 11) is 0. The van der Waals surface area contributed by atoms with Gasteiger partial charge in [-0.05, 0) is 29.5 Å². The van der Waals surface area contributed by atoms with Gasteiger partial charge in [-0.15, -0.1) is 0 Å². The van der Waals surface area contributed by atoms with Gasteiger partial charge in [0, 0.05) is 18.6 Å². The molecule has 2 rings (SSSR count). The summed E-state index contributed by atoms with van der Waals surface area (Å²) in [6, 6.07) is 4.26. The first-order valence-corrected chi connectivity index (χ1v) is 5.93. The molecule has 0 spiro atoms. The smallest absolute Gasteiger partial charge is 0.0755 e. The molecule has 0 saturated heterocycles. The van der Waals surface area contributed by atoms with E-state index in [2.05, 4.69) is 50.0 Å². The van der Waals surface area contributed by atoms with E-state index in [1.165, 1.54) is 11.1 Å². The zero-order chi connectivity index (χ0) is 12.5. The quantitative estimate of drug-likeness (QED) is 0.791. The Bertz CT molecular complexity index is 480. The third kappa shape index (κ3) is 2.54. The van der Waals surface area contributed by atoms with Crippen molar-refractivity contribution in [1.82, 2.24) is 14.8 Å². The van der Waals surface area contributed by atoms with E-state index < -0.39 is 0 Å². The van der Waals surface area contributed by atoms with Crippen LogP contribution >= 0.6 is 0 Å². The Kier molecular flexibility index (Phi) is 3.01. The van der Waals surface area contributed by atoms with Crippen LogP contribution in [0.4, 0.5) is 0 Å². The minimum absolute atomic E-state index is 0.146. The molecule has 0 saturated carbocycles. The lowest BCUT2D eigenvalue weighted by Gasteiger charge is -2.16. The van der Waals surface area contributed by atoms with Gasteiger partial charge in [-0.25, -0.2) is 0 Å². The summed E-state index contributed by atoms with van der Waals surface area (Å²) in [5, 5.41) is 4.45. The molecule has 0 aliphatic heterocycles.